The Labute approximate surface area is 391 Å². The van der Waals surface area contributed by atoms with Crippen LogP contribution < -0.4 is 0 Å². The normalized spacial score (nSPS) is 13.6. The molecular weight excluding hydrogens is 817 g/mol. The Hall–Kier alpha value is -5.50. The van der Waals surface area contributed by atoms with Gasteiger partial charge in [0.2, 0.25) is 0 Å². The lowest BCUT2D eigenvalue weighted by atomic mass is 9.95. The summed E-state index contributed by atoms with van der Waals surface area (Å²) in [4.78, 5) is 10.0. The molecule has 0 unspecified atom stereocenters. The van der Waals surface area contributed by atoms with E-state index >= 15 is 0 Å². The number of allylic oxidation sites excluding steroid dienone is 2. The first-order valence-corrected chi connectivity index (χ1v) is 26.0. The van der Waals surface area contributed by atoms with Crippen molar-refractivity contribution in [2.75, 3.05) is 0 Å². The molecule has 2 aliphatic carbocycles. The Bertz CT molecular complexity index is 2440. The number of nitriles is 2. The van der Waals surface area contributed by atoms with E-state index in [1.165, 1.54) is 149 Å². The molecule has 2 aromatic heterocycles. The lowest BCUT2D eigenvalue weighted by Gasteiger charge is -2.09. The third-order valence-corrected chi connectivity index (χ3v) is 15.4. The van der Waals surface area contributed by atoms with E-state index in [1.807, 2.05) is 0 Å². The minimum atomic E-state index is 0.0738. The van der Waals surface area contributed by atoms with E-state index in [0.717, 1.165) is 68.5 Å². The molecule has 2 aliphatic rings. The van der Waals surface area contributed by atoms with Gasteiger partial charge in [-0.1, -0.05) is 154 Å². The monoisotopic (exact) mass is 878 g/mol. The average Bonchev–Trinajstić information content (AvgIpc) is 4.12. The molecule has 0 fully saturated rings. The second-order valence-corrected chi connectivity index (χ2v) is 19.6. The van der Waals surface area contributed by atoms with Gasteiger partial charge < -0.3 is 0 Å². The Morgan fingerprint density at radius 2 is 0.781 bits per heavy atom. The third kappa shape index (κ3) is 10.5. The summed E-state index contributed by atoms with van der Waals surface area (Å²) in [5.74, 6) is 0. The van der Waals surface area contributed by atoms with Crippen LogP contribution in [0.25, 0.3) is 64.0 Å². The average molecular weight is 879 g/mol. The van der Waals surface area contributed by atoms with Crippen LogP contribution in [0.3, 0.4) is 0 Å². The number of benzene rings is 3. The second-order valence-electron chi connectivity index (χ2n) is 17.8. The summed E-state index contributed by atoms with van der Waals surface area (Å²) in [6, 6.07) is 26.2. The number of thiophene rings is 2. The molecule has 6 heteroatoms. The zero-order valence-electron chi connectivity index (χ0n) is 38.1. The van der Waals surface area contributed by atoms with E-state index < -0.39 is 0 Å². The van der Waals surface area contributed by atoms with Gasteiger partial charge in [0.25, 0.3) is 11.4 Å². The van der Waals surface area contributed by atoms with Crippen LogP contribution in [0.15, 0.2) is 82.8 Å². The maximum absolute atomic E-state index is 10.4. The first-order chi connectivity index (χ1) is 31.6. The van der Waals surface area contributed by atoms with Crippen LogP contribution in [-0.4, -0.2) is 0 Å². The van der Waals surface area contributed by atoms with E-state index in [2.05, 4.69) is 107 Å². The highest BCUT2D eigenvalue weighted by Gasteiger charge is 2.34. The van der Waals surface area contributed by atoms with Crippen molar-refractivity contribution in [2.45, 2.75) is 155 Å². The third-order valence-electron chi connectivity index (χ3n) is 13.4. The highest BCUT2D eigenvalue weighted by molar-refractivity contribution is 7.14. The SMILES string of the molecule is [C-]#[N+]/C(C#N)=C1/c2cc(-c3sccc3CCCCCCCCCCCC)ccc2-c2cc3c(cc21)-c1ccc(-c2sccc2CCCCCCCCCCCC)cc1/C3=C(/C#N)[N+]#[C-]. The molecule has 0 N–H and O–H groups in total. The Balaban J connectivity index is 1.12. The summed E-state index contributed by atoms with van der Waals surface area (Å²) < 4.78 is 0. The Morgan fingerprint density at radius 3 is 1.12 bits per heavy atom. The quantitative estimate of drug-likeness (QED) is 0.0345. The zero-order valence-corrected chi connectivity index (χ0v) is 39.7. The van der Waals surface area contributed by atoms with Crippen LogP contribution in [-0.2, 0) is 12.8 Å². The fourth-order valence-corrected chi connectivity index (χ4v) is 11.9. The van der Waals surface area contributed by atoms with Crippen LogP contribution in [0, 0.1) is 35.8 Å². The van der Waals surface area contributed by atoms with Gasteiger partial charge >= 0.3 is 0 Å². The van der Waals surface area contributed by atoms with Gasteiger partial charge in [0.05, 0.1) is 25.3 Å². The first kappa shape index (κ1) is 46.5. The minimum absolute atomic E-state index is 0.0738. The number of aryl methyl sites for hydroxylation is 2. The summed E-state index contributed by atoms with van der Waals surface area (Å²) in [7, 11) is 0. The predicted molar refractivity (Wildman–Crippen MR) is 272 cm³/mol. The fraction of sp³-hybridized carbons (Fsp3) is 0.414. The van der Waals surface area contributed by atoms with Gasteiger partial charge in [-0.25, -0.2) is 20.2 Å². The van der Waals surface area contributed by atoms with Gasteiger partial charge in [-0.2, -0.15) is 0 Å². The summed E-state index contributed by atoms with van der Waals surface area (Å²) in [6.07, 6.45) is 28.4. The second kappa shape index (κ2) is 23.4. The van der Waals surface area contributed by atoms with Crippen molar-refractivity contribution in [3.63, 3.8) is 0 Å². The molecular formula is C58H62N4S2. The molecule has 0 saturated carbocycles. The van der Waals surface area contributed by atoms with Gasteiger partial charge in [0.1, 0.15) is 0 Å². The molecule has 0 aliphatic heterocycles. The predicted octanol–water partition coefficient (Wildman–Crippen LogP) is 18.4. The number of nitrogens with zero attached hydrogens (tertiary/aromatic N) is 4. The molecule has 7 rings (SSSR count). The van der Waals surface area contributed by atoms with E-state index in [1.54, 1.807) is 22.7 Å². The lowest BCUT2D eigenvalue weighted by molar-refractivity contribution is 0.556. The van der Waals surface area contributed by atoms with Crippen molar-refractivity contribution < 1.29 is 0 Å². The number of fused-ring (bicyclic) bond motifs is 6. The highest BCUT2D eigenvalue weighted by atomic mass is 32.1. The summed E-state index contributed by atoms with van der Waals surface area (Å²) in [5.41, 5.74) is 13.7. The molecule has 326 valence electrons. The molecule has 4 nitrogen and oxygen atoms in total. The molecule has 0 atom stereocenters. The van der Waals surface area contributed by atoms with E-state index in [9.17, 15) is 10.5 Å². The maximum atomic E-state index is 10.4. The fourth-order valence-electron chi connectivity index (χ4n) is 9.96. The van der Waals surface area contributed by atoms with Crippen molar-refractivity contribution in [3.8, 4) is 55.3 Å². The van der Waals surface area contributed by atoms with Crippen LogP contribution in [0.2, 0.25) is 0 Å². The van der Waals surface area contributed by atoms with Crippen LogP contribution in [0.1, 0.15) is 176 Å². The van der Waals surface area contributed by atoms with Gasteiger partial charge in [0.15, 0.2) is 0 Å². The number of hydrogen-bond donors (Lipinski definition) is 0. The van der Waals surface area contributed by atoms with Crippen molar-refractivity contribution in [1.82, 2.24) is 0 Å². The minimum Gasteiger partial charge on any atom is -0.226 e. The molecule has 0 spiro atoms. The summed E-state index contributed by atoms with van der Waals surface area (Å²) >= 11 is 3.51. The Kier molecular flexibility index (Phi) is 17.0. The molecule has 0 bridgehead atoms. The topological polar surface area (TPSA) is 56.3 Å². The summed E-state index contributed by atoms with van der Waals surface area (Å²) in [6.45, 7) is 20.8. The molecule has 3 aromatic carbocycles. The van der Waals surface area contributed by atoms with Gasteiger partial charge in [-0.3, -0.25) is 0 Å². The Morgan fingerprint density at radius 1 is 0.438 bits per heavy atom. The number of hydrogen-bond acceptors (Lipinski definition) is 4. The zero-order chi connectivity index (χ0) is 44.7. The smallest absolute Gasteiger partial charge is 0.226 e. The van der Waals surface area contributed by atoms with Crippen molar-refractivity contribution in [1.29, 1.82) is 10.5 Å². The molecule has 0 radical (unpaired) electrons. The van der Waals surface area contributed by atoms with Gasteiger partial charge in [0, 0.05) is 20.9 Å². The number of rotatable bonds is 24. The van der Waals surface area contributed by atoms with Gasteiger partial charge in [-0.05, 0) is 140 Å². The summed E-state index contributed by atoms with van der Waals surface area (Å²) in [5, 5.41) is 25.1. The van der Waals surface area contributed by atoms with E-state index in [0.29, 0.717) is 11.1 Å². The van der Waals surface area contributed by atoms with Crippen LogP contribution >= 0.6 is 22.7 Å². The molecule has 0 amide bonds. The van der Waals surface area contributed by atoms with Crippen molar-refractivity contribution in [2.24, 2.45) is 0 Å². The van der Waals surface area contributed by atoms with Crippen molar-refractivity contribution in [3.05, 3.63) is 139 Å². The van der Waals surface area contributed by atoms with E-state index in [-0.39, 0.29) is 11.4 Å². The number of unbranched alkanes of at least 4 members (excludes halogenated alkanes) is 18. The standard InChI is InChI=1S/C58H62N4S2/c1-5-7-9-11-13-15-17-19-21-23-25-41-31-33-63-57(41)43-27-29-45-47-37-52-48(38-51(47)55(49(45)35-43)53(39-59)61-3)46-30-28-44(36-50(46)56(52)54(40-60)62-4)58-42(32-34-64-58)26-24-22-20-18-16-14-12-10-8-6-2/h27-38H,5-26H2,1-2H3/b55-53-,56-54+. The van der Waals surface area contributed by atoms with Gasteiger partial charge in [-0.15, -0.1) is 22.7 Å². The molecule has 64 heavy (non-hydrogen) atoms. The van der Waals surface area contributed by atoms with E-state index in [4.69, 9.17) is 13.1 Å². The maximum Gasteiger partial charge on any atom is 0.270 e. The highest BCUT2D eigenvalue weighted by Crippen LogP contribution is 2.55. The van der Waals surface area contributed by atoms with Crippen LogP contribution in [0.4, 0.5) is 0 Å². The van der Waals surface area contributed by atoms with Crippen molar-refractivity contribution >= 4 is 33.8 Å². The molecule has 2 heterocycles. The first-order valence-electron chi connectivity index (χ1n) is 24.2. The molecule has 5 aromatic rings. The lowest BCUT2D eigenvalue weighted by Crippen LogP contribution is -1.90. The molecule has 0 saturated heterocycles. The largest absolute Gasteiger partial charge is 0.270 e. The van der Waals surface area contributed by atoms with Crippen LogP contribution in [0.5, 0.6) is 0 Å².